The molecule has 0 saturated heterocycles. The van der Waals surface area contributed by atoms with Gasteiger partial charge in [-0.2, -0.15) is 0 Å². The Labute approximate surface area is 138 Å². The zero-order valence-electron chi connectivity index (χ0n) is 14.2. The van der Waals surface area contributed by atoms with Gasteiger partial charge in [-0.05, 0) is 31.3 Å². The molecule has 2 aromatic rings. The van der Waals surface area contributed by atoms with E-state index in [0.717, 1.165) is 17.2 Å². The van der Waals surface area contributed by atoms with E-state index in [1.54, 1.807) is 14.2 Å². The minimum atomic E-state index is -0.651. The Balaban J connectivity index is 2.12. The summed E-state index contributed by atoms with van der Waals surface area (Å²) in [6, 6.07) is 11.8. The topological polar surface area (TPSA) is 40.6 Å². The summed E-state index contributed by atoms with van der Waals surface area (Å²) in [4.78, 5) is 4.60. The monoisotopic (exact) mass is 331 g/mol. The van der Waals surface area contributed by atoms with Crippen LogP contribution in [0.15, 0.2) is 36.4 Å². The molecule has 3 rings (SSSR count). The summed E-state index contributed by atoms with van der Waals surface area (Å²) in [5.41, 5.74) is 0.906. The average molecular weight is 331 g/mol. The van der Waals surface area contributed by atoms with Crippen LogP contribution in [0.4, 0.5) is 0 Å². The molecule has 0 saturated carbocycles. The molecule has 5 heteroatoms. The highest BCUT2D eigenvalue weighted by molar-refractivity contribution is 7.68. The molecule has 1 aliphatic rings. The second kappa shape index (κ2) is 6.01. The van der Waals surface area contributed by atoms with Crippen LogP contribution in [0.3, 0.4) is 0 Å². The van der Waals surface area contributed by atoms with Gasteiger partial charge in [-0.3, -0.25) is 0 Å². The molecule has 0 spiro atoms. The van der Waals surface area contributed by atoms with Crippen molar-refractivity contribution < 1.29 is 14.2 Å². The summed E-state index contributed by atoms with van der Waals surface area (Å²) >= 11 is 0. The lowest BCUT2D eigenvalue weighted by Crippen LogP contribution is -2.21. The molecule has 1 aromatic heterocycles. The first-order valence-corrected chi connectivity index (χ1v) is 9.00. The predicted molar refractivity (Wildman–Crippen MR) is 93.5 cm³/mol. The van der Waals surface area contributed by atoms with E-state index in [-0.39, 0.29) is 11.0 Å². The Morgan fingerprint density at radius 1 is 1.04 bits per heavy atom. The number of fused-ring (bicyclic) bond motifs is 1. The third-order valence-corrected chi connectivity index (χ3v) is 7.03. The molecule has 0 amide bonds. The number of pyridine rings is 1. The van der Waals surface area contributed by atoms with E-state index in [1.165, 1.54) is 5.30 Å². The summed E-state index contributed by atoms with van der Waals surface area (Å²) < 4.78 is 17.2. The van der Waals surface area contributed by atoms with Crippen molar-refractivity contribution in [3.63, 3.8) is 0 Å². The Bertz CT molecular complexity index is 712. The normalized spacial score (nSPS) is 19.9. The van der Waals surface area contributed by atoms with Gasteiger partial charge in [0, 0.05) is 6.07 Å². The van der Waals surface area contributed by atoms with E-state index in [2.05, 4.69) is 25.8 Å². The van der Waals surface area contributed by atoms with Crippen LogP contribution in [0, 0.1) is 0 Å². The molecule has 0 bridgehead atoms. The van der Waals surface area contributed by atoms with Gasteiger partial charge in [-0.1, -0.05) is 32.9 Å². The molecule has 1 aliphatic heterocycles. The molecule has 0 radical (unpaired) electrons. The van der Waals surface area contributed by atoms with Gasteiger partial charge in [0.15, 0.2) is 5.85 Å². The van der Waals surface area contributed by atoms with Crippen molar-refractivity contribution in [3.05, 3.63) is 42.1 Å². The minimum absolute atomic E-state index is 0.0602. The minimum Gasteiger partial charge on any atom is -0.496 e. The summed E-state index contributed by atoms with van der Waals surface area (Å²) in [5.74, 6) is 2.32. The van der Waals surface area contributed by atoms with Crippen molar-refractivity contribution in [2.75, 3.05) is 14.2 Å². The second-order valence-electron chi connectivity index (χ2n) is 6.42. The molecule has 4 nitrogen and oxygen atoms in total. The van der Waals surface area contributed by atoms with Crippen LogP contribution in [0.1, 0.15) is 32.3 Å². The standard InChI is InChI=1S/C18H22NO3P/c1-18(2,3)23-16-13(20-4)9-7-10-14(16)22-17(23)12-8-6-11-15(19-12)21-5/h6-11,17H,1-5H3/t17-,23+/m0/s1. The number of hydrogen-bond donors (Lipinski definition) is 0. The highest BCUT2D eigenvalue weighted by atomic mass is 31.1. The van der Waals surface area contributed by atoms with Gasteiger partial charge in [0.05, 0.1) is 25.2 Å². The molecule has 0 N–H and O–H groups in total. The maximum absolute atomic E-state index is 6.30. The number of methoxy groups -OCH3 is 2. The maximum atomic E-state index is 6.30. The van der Waals surface area contributed by atoms with Gasteiger partial charge in [0.25, 0.3) is 0 Å². The first-order chi connectivity index (χ1) is 11.0. The molecule has 2 heterocycles. The lowest BCUT2D eigenvalue weighted by atomic mass is 10.3. The van der Waals surface area contributed by atoms with Crippen molar-refractivity contribution >= 4 is 13.2 Å². The average Bonchev–Trinajstić information content (AvgIpc) is 2.94. The Morgan fingerprint density at radius 2 is 1.78 bits per heavy atom. The van der Waals surface area contributed by atoms with Crippen LogP contribution in [0.5, 0.6) is 17.4 Å². The molecular weight excluding hydrogens is 309 g/mol. The van der Waals surface area contributed by atoms with Crippen LogP contribution >= 0.6 is 7.92 Å². The number of hydrogen-bond acceptors (Lipinski definition) is 4. The van der Waals surface area contributed by atoms with Crippen LogP contribution in [-0.4, -0.2) is 24.4 Å². The highest BCUT2D eigenvalue weighted by Gasteiger charge is 2.45. The zero-order chi connectivity index (χ0) is 16.6. The summed E-state index contributed by atoms with van der Waals surface area (Å²) in [5, 5.41) is 1.25. The Hall–Kier alpha value is -1.80. The highest BCUT2D eigenvalue weighted by Crippen LogP contribution is 2.66. The Kier molecular flexibility index (Phi) is 4.20. The van der Waals surface area contributed by atoms with Crippen LogP contribution in [0.2, 0.25) is 0 Å². The largest absolute Gasteiger partial charge is 0.496 e. The number of aromatic nitrogens is 1. The van der Waals surface area contributed by atoms with Crippen molar-refractivity contribution in [1.29, 1.82) is 0 Å². The molecule has 0 fully saturated rings. The van der Waals surface area contributed by atoms with Crippen LogP contribution < -0.4 is 19.5 Å². The van der Waals surface area contributed by atoms with Gasteiger partial charge in [-0.25, -0.2) is 4.98 Å². The van der Waals surface area contributed by atoms with Crippen molar-refractivity contribution in [1.82, 2.24) is 4.98 Å². The van der Waals surface area contributed by atoms with Gasteiger partial charge < -0.3 is 14.2 Å². The summed E-state index contributed by atoms with van der Waals surface area (Å²) in [6.45, 7) is 6.74. The van der Waals surface area contributed by atoms with Crippen molar-refractivity contribution in [2.24, 2.45) is 0 Å². The van der Waals surface area contributed by atoms with E-state index < -0.39 is 7.92 Å². The van der Waals surface area contributed by atoms with Crippen molar-refractivity contribution in [2.45, 2.75) is 31.8 Å². The predicted octanol–water partition coefficient (Wildman–Crippen LogP) is 4.10. The molecular formula is C18H22NO3P. The fourth-order valence-electron chi connectivity index (χ4n) is 2.85. The molecule has 2 atom stereocenters. The van der Waals surface area contributed by atoms with E-state index in [1.807, 2.05) is 36.4 Å². The SMILES string of the molecule is COc1cccc([C@H]2Oc3cccc(OC)c3[P@@]2C(C)(C)C)n1. The summed E-state index contributed by atoms with van der Waals surface area (Å²) in [6.07, 6.45) is 0. The fraction of sp³-hybridized carbons (Fsp3) is 0.389. The molecule has 1 aromatic carbocycles. The Morgan fingerprint density at radius 3 is 2.43 bits per heavy atom. The molecule has 0 aliphatic carbocycles. The number of rotatable bonds is 3. The zero-order valence-corrected chi connectivity index (χ0v) is 15.1. The van der Waals surface area contributed by atoms with Gasteiger partial charge in [0.2, 0.25) is 5.88 Å². The van der Waals surface area contributed by atoms with Gasteiger partial charge in [-0.15, -0.1) is 0 Å². The van der Waals surface area contributed by atoms with E-state index in [9.17, 15) is 0 Å². The smallest absolute Gasteiger partial charge is 0.213 e. The molecule has 23 heavy (non-hydrogen) atoms. The number of ether oxygens (including phenoxy) is 3. The second-order valence-corrected chi connectivity index (χ2v) is 9.42. The van der Waals surface area contributed by atoms with E-state index >= 15 is 0 Å². The van der Waals surface area contributed by atoms with Crippen LogP contribution in [-0.2, 0) is 0 Å². The lowest BCUT2D eigenvalue weighted by Gasteiger charge is -2.31. The van der Waals surface area contributed by atoms with E-state index in [4.69, 9.17) is 14.2 Å². The number of nitrogens with zero attached hydrogens (tertiary/aromatic N) is 1. The van der Waals surface area contributed by atoms with Gasteiger partial charge in [0.1, 0.15) is 11.5 Å². The van der Waals surface area contributed by atoms with Crippen molar-refractivity contribution in [3.8, 4) is 17.4 Å². The first-order valence-electron chi connectivity index (χ1n) is 7.59. The first kappa shape index (κ1) is 16.1. The molecule has 0 unspecified atom stereocenters. The maximum Gasteiger partial charge on any atom is 0.213 e. The molecule has 122 valence electrons. The third kappa shape index (κ3) is 2.88. The quantitative estimate of drug-likeness (QED) is 0.794. The van der Waals surface area contributed by atoms with Crippen LogP contribution in [0.25, 0.3) is 0 Å². The summed E-state index contributed by atoms with van der Waals surface area (Å²) in [7, 11) is 2.69. The third-order valence-electron chi connectivity index (χ3n) is 3.83. The van der Waals surface area contributed by atoms with Gasteiger partial charge >= 0.3 is 0 Å². The number of benzene rings is 1. The fourth-order valence-corrected chi connectivity index (χ4v) is 5.86. The van der Waals surface area contributed by atoms with E-state index in [0.29, 0.717) is 5.88 Å². The lowest BCUT2D eigenvalue weighted by molar-refractivity contribution is 0.291.